The summed E-state index contributed by atoms with van der Waals surface area (Å²) in [5.41, 5.74) is 1.29. The quantitative estimate of drug-likeness (QED) is 0.833. The van der Waals surface area contributed by atoms with E-state index >= 15 is 0 Å². The van der Waals surface area contributed by atoms with E-state index in [4.69, 9.17) is 4.74 Å². The van der Waals surface area contributed by atoms with E-state index in [1.807, 2.05) is 12.1 Å². The molecule has 0 unspecified atom stereocenters. The van der Waals surface area contributed by atoms with Crippen molar-refractivity contribution in [2.75, 3.05) is 31.2 Å². The number of hydrogen-bond donors (Lipinski definition) is 0. The third-order valence-corrected chi connectivity index (χ3v) is 3.59. The summed E-state index contributed by atoms with van der Waals surface area (Å²) < 4.78 is 19.6. The van der Waals surface area contributed by atoms with Crippen LogP contribution in [0.1, 0.15) is 5.82 Å². The van der Waals surface area contributed by atoms with Crippen LogP contribution in [0, 0.1) is 6.92 Å². The minimum atomic E-state index is 0.135. The number of imidazole rings is 1. The van der Waals surface area contributed by atoms with E-state index in [9.17, 15) is 3.89 Å². The molecule has 0 N–H and O–H groups in total. The van der Waals surface area contributed by atoms with Crippen molar-refractivity contribution in [2.45, 2.75) is 6.92 Å². The molecule has 1 aliphatic rings. The summed E-state index contributed by atoms with van der Waals surface area (Å²) >= 11 is 0.135. The number of aromatic nitrogens is 3. The van der Waals surface area contributed by atoms with E-state index in [0.717, 1.165) is 24.4 Å². The molecule has 1 saturated heterocycles. The maximum absolute atomic E-state index is 12.9. The molecule has 0 atom stereocenters. The highest BCUT2D eigenvalue weighted by atomic mass is 32.2. The van der Waals surface area contributed by atoms with Gasteiger partial charge in [0.2, 0.25) is 0 Å². The van der Waals surface area contributed by atoms with Crippen LogP contribution in [0.25, 0.3) is 11.2 Å². The van der Waals surface area contributed by atoms with Gasteiger partial charge in [-0.1, -0.05) is 0 Å². The zero-order chi connectivity index (χ0) is 12.5. The molecule has 0 aromatic carbocycles. The number of rotatable bonds is 2. The molecule has 1 aliphatic heterocycles. The van der Waals surface area contributed by atoms with Crippen LogP contribution >= 0.6 is 12.3 Å². The third kappa shape index (κ3) is 1.93. The van der Waals surface area contributed by atoms with E-state index < -0.39 is 0 Å². The molecule has 2 aromatic rings. The van der Waals surface area contributed by atoms with Crippen molar-refractivity contribution in [3.05, 3.63) is 18.0 Å². The van der Waals surface area contributed by atoms with Gasteiger partial charge in [-0.15, -0.1) is 3.89 Å². The average molecular weight is 268 g/mol. The Kier molecular flexibility index (Phi) is 3.09. The Balaban J connectivity index is 2.03. The van der Waals surface area contributed by atoms with E-state index in [-0.39, 0.29) is 12.3 Å². The lowest BCUT2D eigenvalue weighted by molar-refractivity contribution is 0.122. The van der Waals surface area contributed by atoms with Gasteiger partial charge in [0.1, 0.15) is 17.2 Å². The first-order valence-corrected chi connectivity index (χ1v) is 6.45. The van der Waals surface area contributed by atoms with Gasteiger partial charge in [-0.2, -0.15) is 0 Å². The Morgan fingerprint density at radius 1 is 1.28 bits per heavy atom. The van der Waals surface area contributed by atoms with Crippen molar-refractivity contribution < 1.29 is 8.62 Å². The molecule has 0 radical (unpaired) electrons. The number of morpholine rings is 1. The smallest absolute Gasteiger partial charge is 0.174 e. The van der Waals surface area contributed by atoms with Crippen molar-refractivity contribution in [3.63, 3.8) is 0 Å². The molecule has 0 saturated carbocycles. The maximum Gasteiger partial charge on any atom is 0.174 e. The Morgan fingerprint density at radius 3 is 2.78 bits per heavy atom. The van der Waals surface area contributed by atoms with Crippen LogP contribution in [0.15, 0.2) is 12.1 Å². The molecule has 0 bridgehead atoms. The van der Waals surface area contributed by atoms with Gasteiger partial charge in [-0.05, 0) is 19.1 Å². The van der Waals surface area contributed by atoms with Crippen LogP contribution in [-0.2, 0) is 4.74 Å². The van der Waals surface area contributed by atoms with Gasteiger partial charge < -0.3 is 9.64 Å². The number of aryl methyl sites for hydroxylation is 1. The number of halogens is 1. The maximum atomic E-state index is 12.9. The van der Waals surface area contributed by atoms with Gasteiger partial charge >= 0.3 is 0 Å². The lowest BCUT2D eigenvalue weighted by Crippen LogP contribution is -2.36. The van der Waals surface area contributed by atoms with Gasteiger partial charge in [-0.3, -0.25) is 0 Å². The monoisotopic (exact) mass is 268 g/mol. The first-order chi connectivity index (χ1) is 8.79. The second-order valence-electron chi connectivity index (χ2n) is 4.13. The van der Waals surface area contributed by atoms with Crippen molar-refractivity contribution in [2.24, 2.45) is 0 Å². The molecule has 2 aromatic heterocycles. The highest BCUT2D eigenvalue weighted by Crippen LogP contribution is 2.23. The largest absolute Gasteiger partial charge is 0.378 e. The normalized spacial score (nSPS) is 16.4. The summed E-state index contributed by atoms with van der Waals surface area (Å²) in [5.74, 6) is 1.46. The fourth-order valence-electron chi connectivity index (χ4n) is 2.09. The average Bonchev–Trinajstić information content (AvgIpc) is 2.74. The molecule has 0 aliphatic carbocycles. The fraction of sp³-hybridized carbons (Fsp3) is 0.455. The van der Waals surface area contributed by atoms with Crippen molar-refractivity contribution in [1.82, 2.24) is 13.9 Å². The number of nitrogens with zero attached hydrogens (tertiary/aromatic N) is 4. The molecular weight excluding hydrogens is 255 g/mol. The molecule has 3 heterocycles. The number of hydrogen-bond acceptors (Lipinski definition) is 5. The van der Waals surface area contributed by atoms with Crippen LogP contribution in [0.4, 0.5) is 9.70 Å². The lowest BCUT2D eigenvalue weighted by atomic mass is 10.3. The van der Waals surface area contributed by atoms with Gasteiger partial charge in [0, 0.05) is 13.1 Å². The topological polar surface area (TPSA) is 43.2 Å². The Morgan fingerprint density at radius 2 is 2.06 bits per heavy atom. The van der Waals surface area contributed by atoms with Gasteiger partial charge in [0.25, 0.3) is 0 Å². The summed E-state index contributed by atoms with van der Waals surface area (Å²) in [6.07, 6.45) is 0. The second kappa shape index (κ2) is 4.74. The van der Waals surface area contributed by atoms with Crippen LogP contribution in [-0.4, -0.2) is 40.2 Å². The predicted octanol–water partition coefficient (Wildman–Crippen LogP) is 1.96. The van der Waals surface area contributed by atoms with Crippen molar-refractivity contribution in [3.8, 4) is 0 Å². The molecule has 7 heteroatoms. The zero-order valence-electron chi connectivity index (χ0n) is 9.97. The lowest BCUT2D eigenvalue weighted by Gasteiger charge is -2.27. The Bertz CT molecular complexity index is 567. The van der Waals surface area contributed by atoms with Crippen LogP contribution in [0.5, 0.6) is 0 Å². The van der Waals surface area contributed by atoms with Gasteiger partial charge in [-0.25, -0.2) is 13.9 Å². The highest BCUT2D eigenvalue weighted by Gasteiger charge is 2.15. The SMILES string of the molecule is Cc1nc2ccc(N3CCOCC3)nc2n1SF. The fourth-order valence-corrected chi connectivity index (χ4v) is 2.43. The predicted molar refractivity (Wildman–Crippen MR) is 69.4 cm³/mol. The summed E-state index contributed by atoms with van der Waals surface area (Å²) in [7, 11) is 0. The third-order valence-electron chi connectivity index (χ3n) is 3.01. The standard InChI is InChI=1S/C11H13FN4OS/c1-8-13-9-2-3-10(14-11(9)16(8)18-12)15-4-6-17-7-5-15/h2-3H,4-7H2,1H3. The van der Waals surface area contributed by atoms with E-state index in [2.05, 4.69) is 14.9 Å². The van der Waals surface area contributed by atoms with E-state index in [1.165, 1.54) is 3.97 Å². The van der Waals surface area contributed by atoms with Crippen molar-refractivity contribution in [1.29, 1.82) is 0 Å². The number of ether oxygens (including phenoxy) is 1. The summed E-state index contributed by atoms with van der Waals surface area (Å²) in [6.45, 7) is 4.80. The first-order valence-electron chi connectivity index (χ1n) is 5.77. The number of fused-ring (bicyclic) bond motifs is 1. The Hall–Kier alpha value is -1.34. The van der Waals surface area contributed by atoms with Crippen molar-refractivity contribution >= 4 is 29.3 Å². The Labute approximate surface area is 108 Å². The van der Waals surface area contributed by atoms with Gasteiger partial charge in [0.05, 0.1) is 13.2 Å². The minimum Gasteiger partial charge on any atom is -0.378 e. The zero-order valence-corrected chi connectivity index (χ0v) is 10.8. The molecular formula is C11H13FN4OS. The molecule has 0 spiro atoms. The van der Waals surface area contributed by atoms with Gasteiger partial charge in [0.15, 0.2) is 18.0 Å². The van der Waals surface area contributed by atoms with Crippen LogP contribution in [0.2, 0.25) is 0 Å². The molecule has 0 amide bonds. The summed E-state index contributed by atoms with van der Waals surface area (Å²) in [6, 6.07) is 3.81. The molecule has 18 heavy (non-hydrogen) atoms. The summed E-state index contributed by atoms with van der Waals surface area (Å²) in [5, 5.41) is 0. The molecule has 3 rings (SSSR count). The van der Waals surface area contributed by atoms with Crippen LogP contribution < -0.4 is 4.90 Å². The number of pyridine rings is 1. The summed E-state index contributed by atoms with van der Waals surface area (Å²) in [4.78, 5) is 10.9. The molecule has 5 nitrogen and oxygen atoms in total. The highest BCUT2D eigenvalue weighted by molar-refractivity contribution is 7.92. The minimum absolute atomic E-state index is 0.135. The molecule has 96 valence electrons. The van der Waals surface area contributed by atoms with E-state index in [1.54, 1.807) is 6.92 Å². The number of anilines is 1. The second-order valence-corrected chi connectivity index (χ2v) is 4.64. The first kappa shape index (κ1) is 11.7. The van der Waals surface area contributed by atoms with E-state index in [0.29, 0.717) is 24.7 Å². The molecule has 1 fully saturated rings. The van der Waals surface area contributed by atoms with Crippen LogP contribution in [0.3, 0.4) is 0 Å².